The van der Waals surface area contributed by atoms with Crippen LogP contribution in [0.1, 0.15) is 50.0 Å². The molecule has 2 N–H and O–H groups in total. The third-order valence-electron chi connectivity index (χ3n) is 2.92. The van der Waals surface area contributed by atoms with E-state index in [0.717, 1.165) is 30.6 Å². The van der Waals surface area contributed by atoms with Gasteiger partial charge in [-0.3, -0.25) is 0 Å². The van der Waals surface area contributed by atoms with Crippen LogP contribution in [0, 0.1) is 0 Å². The second-order valence-electron chi connectivity index (χ2n) is 4.69. The first-order valence-electron chi connectivity index (χ1n) is 7.05. The summed E-state index contributed by atoms with van der Waals surface area (Å²) in [6.45, 7) is 4.84. The molecule has 1 atom stereocenters. The number of aromatic nitrogens is 2. The van der Waals surface area contributed by atoms with Crippen molar-refractivity contribution in [3.63, 3.8) is 0 Å². The molecule has 0 bridgehead atoms. The minimum absolute atomic E-state index is 0.394. The lowest BCUT2D eigenvalue weighted by atomic mass is 10.1. The van der Waals surface area contributed by atoms with E-state index in [1.807, 2.05) is 24.3 Å². The molecule has 0 saturated carbocycles. The third-order valence-corrected chi connectivity index (χ3v) is 2.92. The van der Waals surface area contributed by atoms with Crippen molar-refractivity contribution in [2.24, 2.45) is 5.73 Å². The number of rotatable bonds is 7. The number of nitrogens with two attached hydrogens (primary N) is 1. The van der Waals surface area contributed by atoms with Gasteiger partial charge in [-0.05, 0) is 30.5 Å². The lowest BCUT2D eigenvalue weighted by Gasteiger charge is -2.10. The van der Waals surface area contributed by atoms with Crippen LogP contribution < -0.4 is 10.5 Å². The van der Waals surface area contributed by atoms with Gasteiger partial charge in [-0.25, -0.2) is 0 Å². The zero-order chi connectivity index (χ0) is 14.4. The highest BCUT2D eigenvalue weighted by atomic mass is 16.5. The Hall–Kier alpha value is -1.88. The SMILES string of the molecule is CCCOc1cccc(C(N)c2noc(CCC)n2)c1. The average Bonchev–Trinajstić information content (AvgIpc) is 2.93. The van der Waals surface area contributed by atoms with Crippen LogP contribution in [0.15, 0.2) is 28.8 Å². The Morgan fingerprint density at radius 2 is 2.15 bits per heavy atom. The van der Waals surface area contributed by atoms with E-state index in [2.05, 4.69) is 24.0 Å². The Bertz CT molecular complexity index is 539. The summed E-state index contributed by atoms with van der Waals surface area (Å²) < 4.78 is 10.8. The molecule has 5 heteroatoms. The summed E-state index contributed by atoms with van der Waals surface area (Å²) in [5, 5.41) is 3.95. The first-order valence-corrected chi connectivity index (χ1v) is 7.05. The fourth-order valence-corrected chi connectivity index (χ4v) is 1.88. The summed E-state index contributed by atoms with van der Waals surface area (Å²) in [5.74, 6) is 1.97. The molecule has 0 spiro atoms. The van der Waals surface area contributed by atoms with Gasteiger partial charge in [0, 0.05) is 6.42 Å². The van der Waals surface area contributed by atoms with Gasteiger partial charge >= 0.3 is 0 Å². The quantitative estimate of drug-likeness (QED) is 0.841. The molecule has 1 aromatic heterocycles. The number of hydrogen-bond acceptors (Lipinski definition) is 5. The van der Waals surface area contributed by atoms with Crippen LogP contribution in [-0.4, -0.2) is 16.7 Å². The van der Waals surface area contributed by atoms with Crippen LogP contribution in [0.2, 0.25) is 0 Å². The number of hydrogen-bond donors (Lipinski definition) is 1. The topological polar surface area (TPSA) is 74.2 Å². The lowest BCUT2D eigenvalue weighted by Crippen LogP contribution is -2.13. The molecule has 1 unspecified atom stereocenters. The Balaban J connectivity index is 2.12. The van der Waals surface area contributed by atoms with Gasteiger partial charge in [-0.2, -0.15) is 4.98 Å². The van der Waals surface area contributed by atoms with Crippen molar-refractivity contribution in [3.05, 3.63) is 41.5 Å². The average molecular weight is 275 g/mol. The zero-order valence-electron chi connectivity index (χ0n) is 12.0. The van der Waals surface area contributed by atoms with Crippen LogP contribution in [0.3, 0.4) is 0 Å². The number of ether oxygens (including phenoxy) is 1. The molecule has 5 nitrogen and oxygen atoms in total. The highest BCUT2D eigenvalue weighted by Crippen LogP contribution is 2.22. The fraction of sp³-hybridized carbons (Fsp3) is 0.467. The molecule has 0 aliphatic heterocycles. The summed E-state index contributed by atoms with van der Waals surface area (Å²) in [7, 11) is 0. The molecule has 0 amide bonds. The molecule has 0 radical (unpaired) electrons. The molecule has 0 aliphatic carbocycles. The number of nitrogens with zero attached hydrogens (tertiary/aromatic N) is 2. The predicted octanol–water partition coefficient (Wildman–Crippen LogP) is 2.86. The first-order chi connectivity index (χ1) is 9.74. The highest BCUT2D eigenvalue weighted by molar-refractivity contribution is 5.32. The van der Waals surface area contributed by atoms with Gasteiger partial charge in [0.15, 0.2) is 5.82 Å². The molecular weight excluding hydrogens is 254 g/mol. The van der Waals surface area contributed by atoms with Gasteiger partial charge in [0.25, 0.3) is 0 Å². The molecule has 20 heavy (non-hydrogen) atoms. The van der Waals surface area contributed by atoms with Gasteiger partial charge in [-0.15, -0.1) is 0 Å². The summed E-state index contributed by atoms with van der Waals surface area (Å²) in [6, 6.07) is 7.32. The van der Waals surface area contributed by atoms with E-state index in [1.54, 1.807) is 0 Å². The number of benzene rings is 1. The van der Waals surface area contributed by atoms with Gasteiger partial charge in [-0.1, -0.05) is 31.1 Å². The molecule has 0 fully saturated rings. The van der Waals surface area contributed by atoms with Crippen molar-refractivity contribution in [1.29, 1.82) is 0 Å². The minimum atomic E-state index is -0.394. The molecule has 1 aromatic carbocycles. The summed E-state index contributed by atoms with van der Waals surface area (Å²) in [5.41, 5.74) is 7.10. The Morgan fingerprint density at radius 1 is 1.30 bits per heavy atom. The molecule has 2 rings (SSSR count). The maximum atomic E-state index is 6.18. The van der Waals surface area contributed by atoms with Gasteiger partial charge in [0.05, 0.1) is 12.6 Å². The number of aryl methyl sites for hydroxylation is 1. The third kappa shape index (κ3) is 3.57. The highest BCUT2D eigenvalue weighted by Gasteiger charge is 2.16. The van der Waals surface area contributed by atoms with Crippen molar-refractivity contribution in [2.75, 3.05) is 6.61 Å². The van der Waals surface area contributed by atoms with E-state index in [-0.39, 0.29) is 0 Å². The Morgan fingerprint density at radius 3 is 2.90 bits per heavy atom. The van der Waals surface area contributed by atoms with E-state index in [0.29, 0.717) is 18.3 Å². The zero-order valence-corrected chi connectivity index (χ0v) is 12.0. The largest absolute Gasteiger partial charge is 0.494 e. The maximum Gasteiger partial charge on any atom is 0.226 e. The summed E-state index contributed by atoms with van der Waals surface area (Å²) in [4.78, 5) is 4.32. The van der Waals surface area contributed by atoms with Crippen LogP contribution in [0.25, 0.3) is 0 Å². The standard InChI is InChI=1S/C15H21N3O2/c1-3-6-13-17-15(18-20-13)14(16)11-7-5-8-12(10-11)19-9-4-2/h5,7-8,10,14H,3-4,6,9,16H2,1-2H3. The summed E-state index contributed by atoms with van der Waals surface area (Å²) >= 11 is 0. The van der Waals surface area contributed by atoms with E-state index >= 15 is 0 Å². The Labute approximate surface area is 119 Å². The van der Waals surface area contributed by atoms with Crippen molar-refractivity contribution in [2.45, 2.75) is 39.2 Å². The second-order valence-corrected chi connectivity index (χ2v) is 4.69. The first kappa shape index (κ1) is 14.5. The van der Waals surface area contributed by atoms with Gasteiger partial charge in [0.1, 0.15) is 5.75 Å². The van der Waals surface area contributed by atoms with Crippen molar-refractivity contribution in [3.8, 4) is 5.75 Å². The van der Waals surface area contributed by atoms with Crippen molar-refractivity contribution in [1.82, 2.24) is 10.1 Å². The van der Waals surface area contributed by atoms with Crippen molar-refractivity contribution < 1.29 is 9.26 Å². The second kappa shape index (κ2) is 7.05. The van der Waals surface area contributed by atoms with E-state index in [1.165, 1.54) is 0 Å². The van der Waals surface area contributed by atoms with Gasteiger partial charge in [0.2, 0.25) is 5.89 Å². The lowest BCUT2D eigenvalue weighted by molar-refractivity contribution is 0.317. The normalized spacial score (nSPS) is 12.3. The van der Waals surface area contributed by atoms with Crippen LogP contribution in [-0.2, 0) is 6.42 Å². The van der Waals surface area contributed by atoms with Crippen LogP contribution in [0.4, 0.5) is 0 Å². The van der Waals surface area contributed by atoms with E-state index < -0.39 is 6.04 Å². The van der Waals surface area contributed by atoms with Crippen LogP contribution >= 0.6 is 0 Å². The van der Waals surface area contributed by atoms with Crippen molar-refractivity contribution >= 4 is 0 Å². The molecule has 0 saturated heterocycles. The minimum Gasteiger partial charge on any atom is -0.494 e. The fourth-order valence-electron chi connectivity index (χ4n) is 1.88. The predicted molar refractivity (Wildman–Crippen MR) is 76.6 cm³/mol. The Kier molecular flexibility index (Phi) is 5.12. The summed E-state index contributed by atoms with van der Waals surface area (Å²) in [6.07, 6.45) is 2.72. The van der Waals surface area contributed by atoms with E-state index in [4.69, 9.17) is 15.0 Å². The molecule has 1 heterocycles. The van der Waals surface area contributed by atoms with E-state index in [9.17, 15) is 0 Å². The van der Waals surface area contributed by atoms with Gasteiger partial charge < -0.3 is 15.0 Å². The molecule has 2 aromatic rings. The monoisotopic (exact) mass is 275 g/mol. The molecule has 0 aliphatic rings. The smallest absolute Gasteiger partial charge is 0.226 e. The molecular formula is C15H21N3O2. The van der Waals surface area contributed by atoms with Crippen LogP contribution in [0.5, 0.6) is 5.75 Å². The molecule has 108 valence electrons. The maximum absolute atomic E-state index is 6.18.